The number of carbonyl (C=O) groups excluding carboxylic acids is 1. The van der Waals surface area contributed by atoms with Crippen LogP contribution in [0.5, 0.6) is 0 Å². The second-order valence-electron chi connectivity index (χ2n) is 4.72. The van der Waals surface area contributed by atoms with E-state index in [0.29, 0.717) is 13.0 Å². The molecule has 0 radical (unpaired) electrons. The predicted molar refractivity (Wildman–Crippen MR) is 73.6 cm³/mol. The molecule has 2 rings (SSSR count). The smallest absolute Gasteiger partial charge is 0.224 e. The van der Waals surface area contributed by atoms with Gasteiger partial charge in [-0.3, -0.25) is 4.79 Å². The second-order valence-corrected chi connectivity index (χ2v) is 5.12. The minimum absolute atomic E-state index is 0.173. The van der Waals surface area contributed by atoms with Gasteiger partial charge >= 0.3 is 0 Å². The van der Waals surface area contributed by atoms with Crippen molar-refractivity contribution in [2.45, 2.75) is 31.7 Å². The number of nitrogens with two attached hydrogens (primary N) is 1. The van der Waals surface area contributed by atoms with Gasteiger partial charge in [-0.25, -0.2) is 0 Å². The number of halogens is 1. The summed E-state index contributed by atoms with van der Waals surface area (Å²) in [4.78, 5) is 13.9. The van der Waals surface area contributed by atoms with E-state index in [1.54, 1.807) is 0 Å². The van der Waals surface area contributed by atoms with Gasteiger partial charge in [0.05, 0.1) is 0 Å². The van der Waals surface area contributed by atoms with E-state index in [1.807, 2.05) is 29.2 Å². The highest BCUT2D eigenvalue weighted by Gasteiger charge is 2.28. The quantitative estimate of drug-likeness (QED) is 0.908. The zero-order chi connectivity index (χ0) is 13.0. The Labute approximate surface area is 113 Å². The molecular formula is C14H19ClN2O. The van der Waals surface area contributed by atoms with E-state index in [-0.39, 0.29) is 11.9 Å². The summed E-state index contributed by atoms with van der Waals surface area (Å²) in [6.45, 7) is 1.28. The van der Waals surface area contributed by atoms with Gasteiger partial charge < -0.3 is 10.6 Å². The maximum absolute atomic E-state index is 11.9. The first-order chi connectivity index (χ1) is 8.72. The average molecular weight is 267 g/mol. The monoisotopic (exact) mass is 266 g/mol. The Morgan fingerprint density at radius 3 is 2.94 bits per heavy atom. The Balaban J connectivity index is 2.04. The first-order valence-electron chi connectivity index (χ1n) is 6.45. The van der Waals surface area contributed by atoms with Crippen molar-refractivity contribution in [3.05, 3.63) is 34.9 Å². The Bertz CT molecular complexity index is 422. The number of likely N-dealkylation sites (tertiary alicyclic amines) is 1. The lowest BCUT2D eigenvalue weighted by molar-refractivity contribution is -0.131. The highest BCUT2D eigenvalue weighted by Crippen LogP contribution is 2.25. The molecule has 4 heteroatoms. The van der Waals surface area contributed by atoms with Crippen LogP contribution in [-0.2, 0) is 11.2 Å². The molecule has 1 aromatic carbocycles. The molecule has 0 unspecified atom stereocenters. The van der Waals surface area contributed by atoms with E-state index in [4.69, 9.17) is 17.3 Å². The lowest BCUT2D eigenvalue weighted by Gasteiger charge is -2.25. The van der Waals surface area contributed by atoms with Gasteiger partial charge in [0.15, 0.2) is 0 Å². The van der Waals surface area contributed by atoms with Crippen LogP contribution in [0.3, 0.4) is 0 Å². The standard InChI is InChI=1S/C14H19ClN2O/c15-13-6-2-1-4-11(13)10-12-5-3-9-17(12)14(18)7-8-16/h1-2,4,6,12H,3,5,7-10,16H2/t12-/m1/s1. The molecule has 18 heavy (non-hydrogen) atoms. The van der Waals surface area contributed by atoms with Crippen LogP contribution in [0.15, 0.2) is 24.3 Å². The maximum atomic E-state index is 11.9. The number of amides is 1. The molecule has 0 aromatic heterocycles. The van der Waals surface area contributed by atoms with Gasteiger partial charge in [0.2, 0.25) is 5.91 Å². The number of rotatable bonds is 4. The van der Waals surface area contributed by atoms with Crippen molar-refractivity contribution in [3.8, 4) is 0 Å². The summed E-state index contributed by atoms with van der Waals surface area (Å²) in [6, 6.07) is 8.13. The van der Waals surface area contributed by atoms with Crippen LogP contribution in [0.1, 0.15) is 24.8 Å². The molecule has 2 N–H and O–H groups in total. The number of hydrogen-bond acceptors (Lipinski definition) is 2. The summed E-state index contributed by atoms with van der Waals surface area (Å²) in [6.07, 6.45) is 3.42. The normalized spacial score (nSPS) is 19.2. The zero-order valence-electron chi connectivity index (χ0n) is 10.4. The second kappa shape index (κ2) is 6.21. The number of benzene rings is 1. The van der Waals surface area contributed by atoms with Gasteiger partial charge in [0.1, 0.15) is 0 Å². The van der Waals surface area contributed by atoms with Gasteiger partial charge in [0, 0.05) is 30.6 Å². The lowest BCUT2D eigenvalue weighted by atomic mass is 10.0. The first kappa shape index (κ1) is 13.4. The SMILES string of the molecule is NCCC(=O)N1CCC[C@@H]1Cc1ccccc1Cl. The van der Waals surface area contributed by atoms with E-state index in [0.717, 1.165) is 36.4 Å². The van der Waals surface area contributed by atoms with E-state index in [9.17, 15) is 4.79 Å². The Hall–Kier alpha value is -1.06. The van der Waals surface area contributed by atoms with Gasteiger partial charge in [-0.05, 0) is 30.9 Å². The molecule has 3 nitrogen and oxygen atoms in total. The van der Waals surface area contributed by atoms with Crippen molar-refractivity contribution in [2.24, 2.45) is 5.73 Å². The highest BCUT2D eigenvalue weighted by atomic mass is 35.5. The molecule has 1 aliphatic rings. The van der Waals surface area contributed by atoms with Gasteiger partial charge in [-0.1, -0.05) is 29.8 Å². The fraction of sp³-hybridized carbons (Fsp3) is 0.500. The van der Waals surface area contributed by atoms with Crippen molar-refractivity contribution in [1.82, 2.24) is 4.90 Å². The Kier molecular flexibility index (Phi) is 4.61. The molecule has 1 saturated heterocycles. The van der Waals surface area contributed by atoms with Crippen LogP contribution in [0, 0.1) is 0 Å². The third kappa shape index (κ3) is 3.03. The summed E-state index contributed by atoms with van der Waals surface area (Å²) in [5.74, 6) is 0.173. The van der Waals surface area contributed by atoms with Crippen molar-refractivity contribution >= 4 is 17.5 Å². The molecule has 1 heterocycles. The van der Waals surface area contributed by atoms with Gasteiger partial charge in [0.25, 0.3) is 0 Å². The van der Waals surface area contributed by atoms with Crippen LogP contribution < -0.4 is 5.73 Å². The molecule has 1 fully saturated rings. The molecule has 0 saturated carbocycles. The molecule has 1 amide bonds. The number of hydrogen-bond donors (Lipinski definition) is 1. The summed E-state index contributed by atoms with van der Waals surface area (Å²) in [7, 11) is 0. The number of carbonyl (C=O) groups is 1. The molecular weight excluding hydrogens is 248 g/mol. The molecule has 1 aromatic rings. The van der Waals surface area contributed by atoms with Crippen molar-refractivity contribution in [3.63, 3.8) is 0 Å². The van der Waals surface area contributed by atoms with Crippen LogP contribution in [0.4, 0.5) is 0 Å². The lowest BCUT2D eigenvalue weighted by Crippen LogP contribution is -2.37. The predicted octanol–water partition coefficient (Wildman–Crippen LogP) is 2.22. The van der Waals surface area contributed by atoms with Crippen molar-refractivity contribution in [2.75, 3.05) is 13.1 Å². The van der Waals surface area contributed by atoms with Gasteiger partial charge in [-0.2, -0.15) is 0 Å². The largest absolute Gasteiger partial charge is 0.339 e. The van der Waals surface area contributed by atoms with Crippen LogP contribution in [0.2, 0.25) is 5.02 Å². The molecule has 0 spiro atoms. The molecule has 98 valence electrons. The first-order valence-corrected chi connectivity index (χ1v) is 6.83. The third-order valence-electron chi connectivity index (χ3n) is 3.47. The topological polar surface area (TPSA) is 46.3 Å². The van der Waals surface area contributed by atoms with E-state index in [1.165, 1.54) is 0 Å². The number of nitrogens with zero attached hydrogens (tertiary/aromatic N) is 1. The maximum Gasteiger partial charge on any atom is 0.224 e. The van der Waals surface area contributed by atoms with E-state index in [2.05, 4.69) is 0 Å². The Morgan fingerprint density at radius 1 is 1.44 bits per heavy atom. The fourth-order valence-corrected chi connectivity index (χ4v) is 2.77. The van der Waals surface area contributed by atoms with Crippen LogP contribution in [-0.4, -0.2) is 29.9 Å². The molecule has 0 bridgehead atoms. The fourth-order valence-electron chi connectivity index (χ4n) is 2.56. The van der Waals surface area contributed by atoms with E-state index < -0.39 is 0 Å². The third-order valence-corrected chi connectivity index (χ3v) is 3.84. The Morgan fingerprint density at radius 2 is 2.22 bits per heavy atom. The molecule has 0 aliphatic carbocycles. The van der Waals surface area contributed by atoms with Gasteiger partial charge in [-0.15, -0.1) is 0 Å². The highest BCUT2D eigenvalue weighted by molar-refractivity contribution is 6.31. The minimum atomic E-state index is 0.173. The van der Waals surface area contributed by atoms with Crippen LogP contribution in [0.25, 0.3) is 0 Å². The molecule has 1 aliphatic heterocycles. The van der Waals surface area contributed by atoms with E-state index >= 15 is 0 Å². The zero-order valence-corrected chi connectivity index (χ0v) is 11.2. The average Bonchev–Trinajstić information content (AvgIpc) is 2.81. The minimum Gasteiger partial charge on any atom is -0.339 e. The van der Waals surface area contributed by atoms with Crippen LogP contribution >= 0.6 is 11.6 Å². The summed E-state index contributed by atoms with van der Waals surface area (Å²) in [5, 5.41) is 0.788. The van der Waals surface area contributed by atoms with Crippen molar-refractivity contribution < 1.29 is 4.79 Å². The molecule has 1 atom stereocenters. The summed E-state index contributed by atoms with van der Waals surface area (Å²) in [5.41, 5.74) is 6.57. The summed E-state index contributed by atoms with van der Waals surface area (Å²) >= 11 is 6.17. The van der Waals surface area contributed by atoms with Crippen molar-refractivity contribution in [1.29, 1.82) is 0 Å². The summed E-state index contributed by atoms with van der Waals surface area (Å²) < 4.78 is 0.